The Bertz CT molecular complexity index is 2090. The standard InChI is InChI=1S/C40H32N2S2.C8H10O/c1-3-15-29(16-4-1)39(31-19-7-11-23-35(31)43-36-24-12-8-20-32(36)39)41-27-28-42-40(30-17-5-2-6-18-30)33-21-9-13-25-37(33)44-38-26-14-10-22-34(38)40;1-7-4-3-5-8(6-7)9-2/h1-26,41-42H,27-28H2;3-6H,1-2H3. The van der Waals surface area contributed by atoms with E-state index >= 15 is 0 Å². The van der Waals surface area contributed by atoms with Gasteiger partial charge < -0.3 is 4.74 Å². The molecule has 0 aromatic heterocycles. The van der Waals surface area contributed by atoms with E-state index in [-0.39, 0.29) is 0 Å². The molecule has 0 amide bonds. The minimum Gasteiger partial charge on any atom is -0.497 e. The van der Waals surface area contributed by atoms with E-state index in [0.29, 0.717) is 0 Å². The summed E-state index contributed by atoms with van der Waals surface area (Å²) in [7, 11) is 1.68. The second kappa shape index (κ2) is 15.5. The molecule has 7 aromatic rings. The molecule has 7 aromatic carbocycles. The fourth-order valence-electron chi connectivity index (χ4n) is 7.81. The van der Waals surface area contributed by atoms with Gasteiger partial charge in [-0.3, -0.25) is 10.6 Å². The van der Waals surface area contributed by atoms with Gasteiger partial charge >= 0.3 is 0 Å². The van der Waals surface area contributed by atoms with E-state index in [0.717, 1.165) is 18.8 Å². The highest BCUT2D eigenvalue weighted by Gasteiger charge is 2.44. The molecule has 3 nitrogen and oxygen atoms in total. The summed E-state index contributed by atoms with van der Waals surface area (Å²) in [6.45, 7) is 3.56. The zero-order valence-electron chi connectivity index (χ0n) is 30.0. The molecular weight excluding hydrogens is 685 g/mol. The average molecular weight is 727 g/mol. The van der Waals surface area contributed by atoms with Crippen molar-refractivity contribution >= 4 is 23.5 Å². The molecule has 2 heterocycles. The number of benzene rings is 7. The van der Waals surface area contributed by atoms with E-state index < -0.39 is 11.1 Å². The predicted octanol–water partition coefficient (Wildman–Crippen LogP) is 11.1. The van der Waals surface area contributed by atoms with Crippen LogP contribution in [0.5, 0.6) is 5.75 Å². The second-order valence-electron chi connectivity index (χ2n) is 13.3. The Morgan fingerprint density at radius 1 is 0.434 bits per heavy atom. The van der Waals surface area contributed by atoms with Gasteiger partial charge in [-0.25, -0.2) is 0 Å². The zero-order valence-corrected chi connectivity index (χ0v) is 31.6. The van der Waals surface area contributed by atoms with Crippen LogP contribution in [-0.4, -0.2) is 20.2 Å². The molecule has 2 aliphatic rings. The molecule has 2 aliphatic heterocycles. The molecule has 262 valence electrons. The summed E-state index contributed by atoms with van der Waals surface area (Å²) >= 11 is 3.73. The monoisotopic (exact) mass is 726 g/mol. The van der Waals surface area contributed by atoms with E-state index in [1.54, 1.807) is 7.11 Å². The first-order valence-corrected chi connectivity index (χ1v) is 19.7. The van der Waals surface area contributed by atoms with E-state index in [4.69, 9.17) is 4.74 Å². The third-order valence-electron chi connectivity index (χ3n) is 10.1. The number of ether oxygens (including phenoxy) is 1. The highest BCUT2D eigenvalue weighted by molar-refractivity contribution is 7.99. The van der Waals surface area contributed by atoms with Crippen molar-refractivity contribution in [2.45, 2.75) is 37.6 Å². The Kier molecular flexibility index (Phi) is 10.2. The molecule has 0 bridgehead atoms. The topological polar surface area (TPSA) is 33.3 Å². The van der Waals surface area contributed by atoms with Crippen LogP contribution in [0.1, 0.15) is 38.9 Å². The lowest BCUT2D eigenvalue weighted by molar-refractivity contribution is 0.407. The Hall–Kier alpha value is -5.04. The Balaban J connectivity index is 0.000000391. The molecule has 0 saturated heterocycles. The van der Waals surface area contributed by atoms with Crippen molar-refractivity contribution in [1.82, 2.24) is 10.6 Å². The first-order valence-electron chi connectivity index (χ1n) is 18.1. The van der Waals surface area contributed by atoms with Crippen LogP contribution in [0.2, 0.25) is 0 Å². The summed E-state index contributed by atoms with van der Waals surface area (Å²) in [5.74, 6) is 0.926. The molecule has 2 N–H and O–H groups in total. The molecule has 0 radical (unpaired) electrons. The van der Waals surface area contributed by atoms with Crippen LogP contribution < -0.4 is 15.4 Å². The third kappa shape index (κ3) is 6.60. The Labute approximate surface area is 321 Å². The molecule has 0 spiro atoms. The molecule has 0 saturated carbocycles. The van der Waals surface area contributed by atoms with Crippen molar-refractivity contribution in [3.05, 3.63) is 221 Å². The molecule has 9 rings (SSSR count). The fraction of sp³-hybridized carbons (Fsp3) is 0.125. The fourth-order valence-corrected chi connectivity index (χ4v) is 10.2. The normalized spacial score (nSPS) is 14.3. The summed E-state index contributed by atoms with van der Waals surface area (Å²) in [4.78, 5) is 5.18. The lowest BCUT2D eigenvalue weighted by atomic mass is 9.76. The van der Waals surface area contributed by atoms with E-state index in [1.165, 1.54) is 58.5 Å². The van der Waals surface area contributed by atoms with Crippen molar-refractivity contribution in [3.8, 4) is 5.75 Å². The van der Waals surface area contributed by atoms with Crippen molar-refractivity contribution < 1.29 is 4.74 Å². The number of methoxy groups -OCH3 is 1. The van der Waals surface area contributed by atoms with Crippen LogP contribution in [0.4, 0.5) is 0 Å². The van der Waals surface area contributed by atoms with Gasteiger partial charge in [0.2, 0.25) is 0 Å². The predicted molar refractivity (Wildman–Crippen MR) is 220 cm³/mol. The summed E-state index contributed by atoms with van der Waals surface area (Å²) in [6.07, 6.45) is 0. The van der Waals surface area contributed by atoms with Crippen molar-refractivity contribution in [2.75, 3.05) is 20.2 Å². The summed E-state index contributed by atoms with van der Waals surface area (Å²) < 4.78 is 5.00. The smallest absolute Gasteiger partial charge is 0.119 e. The van der Waals surface area contributed by atoms with Gasteiger partial charge in [0.25, 0.3) is 0 Å². The molecule has 0 atom stereocenters. The zero-order chi connectivity index (χ0) is 36.1. The quantitative estimate of drug-likeness (QED) is 0.152. The van der Waals surface area contributed by atoms with E-state index in [2.05, 4.69) is 168 Å². The molecule has 0 unspecified atom stereocenters. The number of nitrogens with one attached hydrogen (secondary N) is 2. The van der Waals surface area contributed by atoms with E-state index in [1.807, 2.05) is 54.7 Å². The summed E-state index contributed by atoms with van der Waals surface area (Å²) in [5.41, 5.74) is 8.00. The van der Waals surface area contributed by atoms with Crippen LogP contribution in [0.3, 0.4) is 0 Å². The van der Waals surface area contributed by atoms with Crippen molar-refractivity contribution in [1.29, 1.82) is 0 Å². The highest BCUT2D eigenvalue weighted by atomic mass is 32.2. The maximum Gasteiger partial charge on any atom is 0.119 e. The molecule has 5 heteroatoms. The summed E-state index contributed by atoms with van der Waals surface area (Å²) in [6, 6.07) is 65.3. The van der Waals surface area contributed by atoms with Crippen LogP contribution in [-0.2, 0) is 11.1 Å². The SMILES string of the molecule is COc1cccc(C)c1.c1ccc(C2(NCCNC3(c4ccccc4)c4ccccc4Sc4ccccc43)c3ccccc3Sc3ccccc32)cc1. The lowest BCUT2D eigenvalue weighted by Gasteiger charge is -2.44. The first-order chi connectivity index (χ1) is 26.1. The lowest BCUT2D eigenvalue weighted by Crippen LogP contribution is -2.52. The molecule has 53 heavy (non-hydrogen) atoms. The van der Waals surface area contributed by atoms with Gasteiger partial charge in [0.15, 0.2) is 0 Å². The van der Waals surface area contributed by atoms with Crippen LogP contribution in [0.15, 0.2) is 202 Å². The largest absolute Gasteiger partial charge is 0.497 e. The van der Waals surface area contributed by atoms with Gasteiger partial charge in [-0.1, -0.05) is 169 Å². The van der Waals surface area contributed by atoms with Crippen molar-refractivity contribution in [2.24, 2.45) is 0 Å². The van der Waals surface area contributed by atoms with Gasteiger partial charge in [-0.2, -0.15) is 0 Å². The highest BCUT2D eigenvalue weighted by Crippen LogP contribution is 2.52. The Morgan fingerprint density at radius 3 is 1.13 bits per heavy atom. The molecular formula is C48H42N2OS2. The minimum atomic E-state index is -0.473. The van der Waals surface area contributed by atoms with Crippen LogP contribution in [0.25, 0.3) is 0 Å². The van der Waals surface area contributed by atoms with Gasteiger partial charge in [0, 0.05) is 32.7 Å². The van der Waals surface area contributed by atoms with Crippen LogP contribution >= 0.6 is 23.5 Å². The number of aryl methyl sites for hydroxylation is 1. The van der Waals surface area contributed by atoms with Crippen LogP contribution in [0, 0.1) is 6.92 Å². The maximum atomic E-state index is 5.00. The molecule has 0 fully saturated rings. The average Bonchev–Trinajstić information content (AvgIpc) is 3.22. The van der Waals surface area contributed by atoms with Gasteiger partial charge in [0.05, 0.1) is 18.2 Å². The van der Waals surface area contributed by atoms with E-state index in [9.17, 15) is 0 Å². The maximum absolute atomic E-state index is 5.00. The number of hydrogen-bond acceptors (Lipinski definition) is 5. The number of fused-ring (bicyclic) bond motifs is 4. The van der Waals surface area contributed by atoms with Gasteiger partial charge in [-0.15, -0.1) is 0 Å². The Morgan fingerprint density at radius 2 is 0.792 bits per heavy atom. The van der Waals surface area contributed by atoms with Gasteiger partial charge in [0.1, 0.15) is 5.75 Å². The summed E-state index contributed by atoms with van der Waals surface area (Å²) in [5, 5.41) is 8.28. The third-order valence-corrected chi connectivity index (χ3v) is 12.5. The number of rotatable bonds is 8. The first kappa shape index (κ1) is 35.0. The molecule has 0 aliphatic carbocycles. The van der Waals surface area contributed by atoms with Crippen molar-refractivity contribution in [3.63, 3.8) is 0 Å². The van der Waals surface area contributed by atoms with Gasteiger partial charge in [-0.05, 0) is 82.3 Å². The second-order valence-corrected chi connectivity index (χ2v) is 15.5. The number of hydrogen-bond donors (Lipinski definition) is 2. The minimum absolute atomic E-state index is 0.473.